The third-order valence-corrected chi connectivity index (χ3v) is 3.93. The second-order valence-corrected chi connectivity index (χ2v) is 5.87. The molecule has 9 heteroatoms. The summed E-state index contributed by atoms with van der Waals surface area (Å²) in [5.41, 5.74) is 1.27. The van der Waals surface area contributed by atoms with Crippen molar-refractivity contribution < 1.29 is 9.55 Å². The number of rotatable bonds is 3. The summed E-state index contributed by atoms with van der Waals surface area (Å²) in [4.78, 5) is 10.8. The summed E-state index contributed by atoms with van der Waals surface area (Å²) < 4.78 is 6.21. The molecule has 1 heterocycles. The molecule has 1 N–H and O–H groups in total. The van der Waals surface area contributed by atoms with Gasteiger partial charge in [0.25, 0.3) is 0 Å². The Labute approximate surface area is 134 Å². The van der Waals surface area contributed by atoms with Gasteiger partial charge in [-0.15, -0.1) is 0 Å². The number of nitrogens with zero attached hydrogens (tertiary/aromatic N) is 3. The Bertz CT molecular complexity index is 850. The monoisotopic (exact) mass is 412 g/mol. The summed E-state index contributed by atoms with van der Waals surface area (Å²) in [6.45, 7) is 0. The van der Waals surface area contributed by atoms with Crippen molar-refractivity contribution in [1.82, 2.24) is 10.3 Å². The first-order valence-corrected chi connectivity index (χ1v) is 7.26. The minimum atomic E-state index is -0.512. The lowest BCUT2D eigenvalue weighted by Gasteiger charge is -2.09. The molecular formula is C12H6Br2N4O3. The molecule has 106 valence electrons. The molecule has 21 heavy (non-hydrogen) atoms. The number of anilines is 2. The van der Waals surface area contributed by atoms with Gasteiger partial charge >= 0.3 is 5.69 Å². The van der Waals surface area contributed by atoms with E-state index >= 15 is 0 Å². The van der Waals surface area contributed by atoms with Crippen LogP contribution in [0.1, 0.15) is 0 Å². The fourth-order valence-corrected chi connectivity index (χ4v) is 3.01. The van der Waals surface area contributed by atoms with E-state index in [1.807, 2.05) is 12.1 Å². The number of fused-ring (bicyclic) bond motifs is 1. The zero-order chi connectivity index (χ0) is 15.0. The van der Waals surface area contributed by atoms with E-state index in [0.29, 0.717) is 16.9 Å². The van der Waals surface area contributed by atoms with Crippen molar-refractivity contribution in [2.45, 2.75) is 0 Å². The Hall–Kier alpha value is -2.00. The van der Waals surface area contributed by atoms with Crippen LogP contribution in [0.25, 0.3) is 11.0 Å². The third-order valence-electron chi connectivity index (χ3n) is 2.78. The van der Waals surface area contributed by atoms with E-state index in [2.05, 4.69) is 52.1 Å². The van der Waals surface area contributed by atoms with Crippen LogP contribution in [0.15, 0.2) is 43.9 Å². The summed E-state index contributed by atoms with van der Waals surface area (Å²) in [6.07, 6.45) is 0. The lowest BCUT2D eigenvalue weighted by Crippen LogP contribution is -1.98. The van der Waals surface area contributed by atoms with Crippen LogP contribution in [0.4, 0.5) is 17.1 Å². The van der Waals surface area contributed by atoms with Crippen molar-refractivity contribution >= 4 is 60.0 Å². The number of hydrogen-bond acceptors (Lipinski definition) is 6. The van der Waals surface area contributed by atoms with Crippen molar-refractivity contribution in [3.63, 3.8) is 0 Å². The quantitative estimate of drug-likeness (QED) is 0.505. The summed E-state index contributed by atoms with van der Waals surface area (Å²) >= 11 is 6.75. The number of benzene rings is 2. The van der Waals surface area contributed by atoms with E-state index < -0.39 is 4.92 Å². The Morgan fingerprint density at radius 1 is 1.14 bits per heavy atom. The maximum Gasteiger partial charge on any atom is 0.323 e. The molecule has 2 aromatic carbocycles. The van der Waals surface area contributed by atoms with Crippen molar-refractivity contribution in [3.05, 3.63) is 49.4 Å². The van der Waals surface area contributed by atoms with Gasteiger partial charge in [-0.3, -0.25) is 10.1 Å². The molecule has 3 rings (SSSR count). The lowest BCUT2D eigenvalue weighted by molar-refractivity contribution is -0.382. The van der Waals surface area contributed by atoms with Crippen LogP contribution in [0.2, 0.25) is 0 Å². The topological polar surface area (TPSA) is 94.1 Å². The van der Waals surface area contributed by atoms with Gasteiger partial charge < -0.3 is 5.32 Å². The second-order valence-electron chi connectivity index (χ2n) is 4.10. The largest absolute Gasteiger partial charge is 0.349 e. The number of aromatic nitrogens is 2. The zero-order valence-electron chi connectivity index (χ0n) is 10.2. The van der Waals surface area contributed by atoms with E-state index in [4.69, 9.17) is 0 Å². The average Bonchev–Trinajstić information content (AvgIpc) is 2.89. The van der Waals surface area contributed by atoms with E-state index in [1.54, 1.807) is 18.2 Å². The first-order chi connectivity index (χ1) is 10.1. The number of nitrogens with one attached hydrogen (secondary N) is 1. The fourth-order valence-electron chi connectivity index (χ4n) is 1.86. The molecule has 0 saturated carbocycles. The van der Waals surface area contributed by atoms with Gasteiger partial charge in [-0.05, 0) is 56.6 Å². The van der Waals surface area contributed by atoms with Gasteiger partial charge in [-0.2, -0.15) is 0 Å². The Kier molecular flexibility index (Phi) is 3.60. The van der Waals surface area contributed by atoms with Crippen LogP contribution in [-0.4, -0.2) is 15.2 Å². The normalized spacial score (nSPS) is 10.8. The number of nitro groups is 1. The molecule has 1 aromatic heterocycles. The zero-order valence-corrected chi connectivity index (χ0v) is 13.4. The molecule has 0 aliphatic heterocycles. The van der Waals surface area contributed by atoms with E-state index in [9.17, 15) is 10.1 Å². The summed E-state index contributed by atoms with van der Waals surface area (Å²) in [5, 5.41) is 21.5. The van der Waals surface area contributed by atoms with Gasteiger partial charge in [0.05, 0.1) is 10.6 Å². The highest BCUT2D eigenvalue weighted by atomic mass is 79.9. The van der Waals surface area contributed by atoms with Crippen LogP contribution in [0.5, 0.6) is 0 Å². The Balaban J connectivity index is 2.11. The molecular weight excluding hydrogens is 408 g/mol. The maximum atomic E-state index is 11.3. The Morgan fingerprint density at radius 2 is 1.90 bits per heavy atom. The van der Waals surface area contributed by atoms with Crippen LogP contribution < -0.4 is 5.32 Å². The highest BCUT2D eigenvalue weighted by Crippen LogP contribution is 2.36. The molecule has 7 nitrogen and oxygen atoms in total. The summed E-state index contributed by atoms with van der Waals surface area (Å²) in [5.74, 6) is 0. The molecule has 0 spiro atoms. The van der Waals surface area contributed by atoms with Gasteiger partial charge in [0.15, 0.2) is 0 Å². The van der Waals surface area contributed by atoms with Crippen molar-refractivity contribution in [3.8, 4) is 0 Å². The number of halogens is 2. The summed E-state index contributed by atoms with van der Waals surface area (Å²) in [6, 6.07) is 8.63. The standard InChI is InChI=1S/C12H6Br2N4O3/c13-6-1-2-8(7(14)5-6)15-10-4-3-9-11(17-21-16-9)12(10)18(19)20/h1-5,15H. The van der Waals surface area contributed by atoms with Crippen molar-refractivity contribution in [1.29, 1.82) is 0 Å². The minimum absolute atomic E-state index is 0.109. The first-order valence-electron chi connectivity index (χ1n) is 5.68. The molecule has 0 unspecified atom stereocenters. The van der Waals surface area contributed by atoms with E-state index in [0.717, 1.165) is 8.95 Å². The van der Waals surface area contributed by atoms with Gasteiger partial charge in [0.2, 0.25) is 5.52 Å². The van der Waals surface area contributed by atoms with Crippen LogP contribution >= 0.6 is 31.9 Å². The fraction of sp³-hybridized carbons (Fsp3) is 0. The average molecular weight is 414 g/mol. The van der Waals surface area contributed by atoms with Gasteiger partial charge in [0, 0.05) is 8.95 Å². The number of hydrogen-bond donors (Lipinski definition) is 1. The molecule has 0 atom stereocenters. The number of nitro benzene ring substituents is 1. The van der Waals surface area contributed by atoms with E-state index in [1.165, 1.54) is 0 Å². The molecule has 0 saturated heterocycles. The van der Waals surface area contributed by atoms with Crippen molar-refractivity contribution in [2.75, 3.05) is 5.32 Å². The predicted molar refractivity (Wildman–Crippen MR) is 83.6 cm³/mol. The minimum Gasteiger partial charge on any atom is -0.349 e. The molecule has 0 aliphatic rings. The molecule has 0 aliphatic carbocycles. The lowest BCUT2D eigenvalue weighted by atomic mass is 10.2. The smallest absolute Gasteiger partial charge is 0.323 e. The highest BCUT2D eigenvalue weighted by molar-refractivity contribution is 9.11. The Morgan fingerprint density at radius 3 is 2.62 bits per heavy atom. The highest BCUT2D eigenvalue weighted by Gasteiger charge is 2.23. The third kappa shape index (κ3) is 2.61. The summed E-state index contributed by atoms with van der Waals surface area (Å²) in [7, 11) is 0. The predicted octanol–water partition coefficient (Wildman–Crippen LogP) is 4.40. The molecule has 0 radical (unpaired) electrons. The second kappa shape index (κ2) is 5.41. The van der Waals surface area contributed by atoms with Gasteiger partial charge in [-0.25, -0.2) is 4.63 Å². The van der Waals surface area contributed by atoms with Crippen molar-refractivity contribution in [2.24, 2.45) is 0 Å². The van der Waals surface area contributed by atoms with Gasteiger partial charge in [0.1, 0.15) is 11.2 Å². The maximum absolute atomic E-state index is 11.3. The molecule has 0 amide bonds. The van der Waals surface area contributed by atoms with Crippen LogP contribution in [0.3, 0.4) is 0 Å². The van der Waals surface area contributed by atoms with E-state index in [-0.39, 0.29) is 11.2 Å². The van der Waals surface area contributed by atoms with Crippen LogP contribution in [-0.2, 0) is 0 Å². The first kappa shape index (κ1) is 14.0. The molecule has 0 bridgehead atoms. The molecule has 3 aromatic rings. The van der Waals surface area contributed by atoms with Crippen LogP contribution in [0, 0.1) is 10.1 Å². The SMILES string of the molecule is O=[N+]([O-])c1c(Nc2ccc(Br)cc2Br)ccc2nonc12. The van der Waals surface area contributed by atoms with Gasteiger partial charge in [-0.1, -0.05) is 15.9 Å². The molecule has 0 fully saturated rings.